The van der Waals surface area contributed by atoms with Crippen molar-refractivity contribution in [1.29, 1.82) is 0 Å². The minimum Gasteiger partial charge on any atom is -0.457 e. The van der Waals surface area contributed by atoms with Gasteiger partial charge in [0.05, 0.1) is 0 Å². The van der Waals surface area contributed by atoms with Crippen LogP contribution in [0.4, 0.5) is 11.5 Å². The molecule has 0 radical (unpaired) electrons. The van der Waals surface area contributed by atoms with E-state index in [1.54, 1.807) is 12.4 Å². The second kappa shape index (κ2) is 6.24. The third kappa shape index (κ3) is 3.49. The third-order valence-corrected chi connectivity index (χ3v) is 3.01. The van der Waals surface area contributed by atoms with Gasteiger partial charge in [0, 0.05) is 24.1 Å². The van der Waals surface area contributed by atoms with Crippen LogP contribution in [0.25, 0.3) is 0 Å². The van der Waals surface area contributed by atoms with Crippen LogP contribution in [0.1, 0.15) is 0 Å². The first kappa shape index (κ1) is 13.4. The number of anilines is 2. The normalized spacial score (nSPS) is 10.1. The lowest BCUT2D eigenvalue weighted by atomic mass is 10.3. The molecule has 0 bridgehead atoms. The Kier molecular flexibility index (Phi) is 3.98. The number of hydrogen-bond acceptors (Lipinski definition) is 4. The number of rotatable bonds is 4. The fraction of sp³-hybridized carbons (Fsp3) is 0. The molecule has 0 saturated carbocycles. The van der Waals surface area contributed by atoms with Crippen molar-refractivity contribution >= 4 is 23.1 Å². The monoisotopic (exact) mass is 297 g/mol. The van der Waals surface area contributed by atoms with E-state index in [4.69, 9.17) is 16.3 Å². The fourth-order valence-corrected chi connectivity index (χ4v) is 1.96. The molecule has 1 heterocycles. The summed E-state index contributed by atoms with van der Waals surface area (Å²) in [5.74, 6) is 2.02. The average Bonchev–Trinajstić information content (AvgIpc) is 2.51. The molecule has 1 N–H and O–H groups in total. The zero-order chi connectivity index (χ0) is 14.5. The lowest BCUT2D eigenvalue weighted by molar-refractivity contribution is 0.483. The molecule has 0 fully saturated rings. The number of hydrogen-bond donors (Lipinski definition) is 1. The van der Waals surface area contributed by atoms with Gasteiger partial charge < -0.3 is 10.1 Å². The van der Waals surface area contributed by atoms with E-state index >= 15 is 0 Å². The van der Waals surface area contributed by atoms with Crippen molar-refractivity contribution in [3.63, 3.8) is 0 Å². The Bertz CT molecular complexity index is 734. The molecule has 104 valence electrons. The zero-order valence-corrected chi connectivity index (χ0v) is 11.8. The molecule has 3 rings (SSSR count). The molecule has 21 heavy (non-hydrogen) atoms. The van der Waals surface area contributed by atoms with Gasteiger partial charge in [0.15, 0.2) is 11.0 Å². The van der Waals surface area contributed by atoms with Gasteiger partial charge in [0.1, 0.15) is 11.5 Å². The van der Waals surface area contributed by atoms with Gasteiger partial charge in [0.25, 0.3) is 0 Å². The lowest BCUT2D eigenvalue weighted by Crippen LogP contribution is -1.95. The summed E-state index contributed by atoms with van der Waals surface area (Å²) in [7, 11) is 0. The number of benzene rings is 2. The first-order valence-electron chi connectivity index (χ1n) is 6.38. The third-order valence-electron chi connectivity index (χ3n) is 2.73. The van der Waals surface area contributed by atoms with Gasteiger partial charge >= 0.3 is 0 Å². The van der Waals surface area contributed by atoms with Gasteiger partial charge in [0.2, 0.25) is 0 Å². The molecule has 0 aliphatic carbocycles. The molecule has 0 saturated heterocycles. The van der Waals surface area contributed by atoms with Gasteiger partial charge in [-0.25, -0.2) is 9.97 Å². The highest BCUT2D eigenvalue weighted by atomic mass is 35.5. The van der Waals surface area contributed by atoms with Crippen molar-refractivity contribution in [3.05, 3.63) is 72.1 Å². The van der Waals surface area contributed by atoms with Crippen LogP contribution in [0.5, 0.6) is 11.5 Å². The van der Waals surface area contributed by atoms with Crippen molar-refractivity contribution in [1.82, 2.24) is 9.97 Å². The predicted octanol–water partition coefficient (Wildman–Crippen LogP) is 4.67. The molecule has 4 nitrogen and oxygen atoms in total. The first-order valence-corrected chi connectivity index (χ1v) is 6.75. The number of halogens is 1. The van der Waals surface area contributed by atoms with E-state index in [1.807, 2.05) is 54.6 Å². The fourth-order valence-electron chi connectivity index (χ4n) is 1.80. The molecule has 0 aliphatic rings. The first-order chi connectivity index (χ1) is 10.3. The van der Waals surface area contributed by atoms with E-state index in [1.165, 1.54) is 0 Å². The van der Waals surface area contributed by atoms with Crippen molar-refractivity contribution in [2.45, 2.75) is 0 Å². The molecule has 0 atom stereocenters. The van der Waals surface area contributed by atoms with Crippen LogP contribution in [0, 0.1) is 0 Å². The van der Waals surface area contributed by atoms with Crippen LogP contribution in [0.3, 0.4) is 0 Å². The summed E-state index contributed by atoms with van der Waals surface area (Å²) >= 11 is 5.98. The number of nitrogens with zero attached hydrogens (tertiary/aromatic N) is 2. The molecular weight excluding hydrogens is 286 g/mol. The second-order valence-corrected chi connectivity index (χ2v) is 4.62. The summed E-state index contributed by atoms with van der Waals surface area (Å²) in [5, 5.41) is 3.44. The van der Waals surface area contributed by atoms with Gasteiger partial charge in [-0.15, -0.1) is 0 Å². The Balaban J connectivity index is 1.79. The van der Waals surface area contributed by atoms with Gasteiger partial charge in [-0.1, -0.05) is 35.9 Å². The Hall–Kier alpha value is -2.59. The Morgan fingerprint density at radius 2 is 1.62 bits per heavy atom. The maximum atomic E-state index is 5.98. The molecule has 0 unspecified atom stereocenters. The molecule has 1 aromatic heterocycles. The van der Waals surface area contributed by atoms with Gasteiger partial charge in [-0.3, -0.25) is 0 Å². The minimum absolute atomic E-state index is 0.326. The Morgan fingerprint density at radius 1 is 0.857 bits per heavy atom. The van der Waals surface area contributed by atoms with Crippen LogP contribution < -0.4 is 10.1 Å². The SMILES string of the molecule is Clc1nccnc1Nc1cccc(Oc2ccccc2)c1. The quantitative estimate of drug-likeness (QED) is 0.760. The average molecular weight is 298 g/mol. The van der Waals surface area contributed by atoms with Crippen LogP contribution >= 0.6 is 11.6 Å². The smallest absolute Gasteiger partial charge is 0.171 e. The molecule has 2 aromatic carbocycles. The summed E-state index contributed by atoms with van der Waals surface area (Å²) in [6, 6.07) is 17.2. The highest BCUT2D eigenvalue weighted by molar-refractivity contribution is 6.31. The number of aromatic nitrogens is 2. The van der Waals surface area contributed by atoms with Crippen LogP contribution in [0.2, 0.25) is 5.15 Å². The predicted molar refractivity (Wildman–Crippen MR) is 83.3 cm³/mol. The van der Waals surface area contributed by atoms with Crippen LogP contribution in [-0.4, -0.2) is 9.97 Å². The minimum atomic E-state index is 0.326. The highest BCUT2D eigenvalue weighted by Gasteiger charge is 2.04. The summed E-state index contributed by atoms with van der Waals surface area (Å²) in [6.45, 7) is 0. The van der Waals surface area contributed by atoms with E-state index in [2.05, 4.69) is 15.3 Å². The van der Waals surface area contributed by atoms with Crippen molar-refractivity contribution in [3.8, 4) is 11.5 Å². The summed E-state index contributed by atoms with van der Waals surface area (Å²) < 4.78 is 5.78. The highest BCUT2D eigenvalue weighted by Crippen LogP contribution is 2.26. The zero-order valence-electron chi connectivity index (χ0n) is 11.0. The van der Waals surface area contributed by atoms with Crippen LogP contribution in [0.15, 0.2) is 67.0 Å². The molecule has 0 spiro atoms. The summed E-state index contributed by atoms with van der Waals surface area (Å²) in [5.41, 5.74) is 0.825. The maximum Gasteiger partial charge on any atom is 0.171 e. The van der Waals surface area contributed by atoms with Crippen molar-refractivity contribution < 1.29 is 4.74 Å². The molecule has 0 amide bonds. The summed E-state index contributed by atoms with van der Waals surface area (Å²) in [6.07, 6.45) is 3.13. The van der Waals surface area contributed by atoms with Crippen molar-refractivity contribution in [2.24, 2.45) is 0 Å². The lowest BCUT2D eigenvalue weighted by Gasteiger charge is -2.09. The van der Waals surface area contributed by atoms with Crippen molar-refractivity contribution in [2.75, 3.05) is 5.32 Å². The second-order valence-electron chi connectivity index (χ2n) is 4.26. The largest absolute Gasteiger partial charge is 0.457 e. The Labute approximate surface area is 127 Å². The molecule has 5 heteroatoms. The van der Waals surface area contributed by atoms with E-state index in [-0.39, 0.29) is 0 Å². The molecule has 0 aliphatic heterocycles. The standard InChI is InChI=1S/C16H12ClN3O/c17-15-16(19-10-9-18-15)20-12-5-4-8-14(11-12)21-13-6-2-1-3-7-13/h1-11H,(H,19,20). The number of para-hydroxylation sites is 1. The molecule has 3 aromatic rings. The van der Waals surface area contributed by atoms with E-state index < -0.39 is 0 Å². The number of nitrogens with one attached hydrogen (secondary N) is 1. The topological polar surface area (TPSA) is 47.0 Å². The van der Waals surface area contributed by atoms with Gasteiger partial charge in [-0.2, -0.15) is 0 Å². The van der Waals surface area contributed by atoms with E-state index in [0.29, 0.717) is 11.0 Å². The number of ether oxygens (including phenoxy) is 1. The molecular formula is C16H12ClN3O. The Morgan fingerprint density at radius 3 is 2.43 bits per heavy atom. The maximum absolute atomic E-state index is 5.98. The van der Waals surface area contributed by atoms with Crippen LogP contribution in [-0.2, 0) is 0 Å². The van der Waals surface area contributed by atoms with E-state index in [9.17, 15) is 0 Å². The van der Waals surface area contributed by atoms with E-state index in [0.717, 1.165) is 17.2 Å². The van der Waals surface area contributed by atoms with Gasteiger partial charge in [-0.05, 0) is 24.3 Å². The summed E-state index contributed by atoms with van der Waals surface area (Å²) in [4.78, 5) is 8.12.